The second-order valence-electron chi connectivity index (χ2n) is 10.8. The van der Waals surface area contributed by atoms with Gasteiger partial charge in [-0.2, -0.15) is 0 Å². The molecule has 0 heterocycles. The van der Waals surface area contributed by atoms with Crippen LogP contribution >= 0.6 is 0 Å². The van der Waals surface area contributed by atoms with Crippen LogP contribution in [0.15, 0.2) is 0 Å². The zero-order valence-electron chi connectivity index (χ0n) is 25.6. The van der Waals surface area contributed by atoms with Crippen molar-refractivity contribution in [3.63, 3.8) is 0 Å². The summed E-state index contributed by atoms with van der Waals surface area (Å²) in [4.78, 5) is 2.54. The van der Waals surface area contributed by atoms with Gasteiger partial charge in [0.25, 0.3) is 0 Å². The van der Waals surface area contributed by atoms with E-state index in [1.54, 1.807) is 0 Å². The maximum absolute atomic E-state index is 5.70. The van der Waals surface area contributed by atoms with Gasteiger partial charge in [0.15, 0.2) is 0 Å². The van der Waals surface area contributed by atoms with Crippen LogP contribution < -0.4 is 11.4 Å². The molecule has 34 heavy (non-hydrogen) atoms. The van der Waals surface area contributed by atoms with E-state index in [2.05, 4.69) is 79.7 Å². The molecule has 0 aromatic heterocycles. The smallest absolute Gasteiger partial charge is 0.0973 e. The molecule has 0 spiro atoms. The Balaban J connectivity index is 0. The minimum atomic E-state index is 0.845. The van der Waals surface area contributed by atoms with Crippen LogP contribution in [0.3, 0.4) is 0 Å². The van der Waals surface area contributed by atoms with Crippen molar-refractivity contribution < 1.29 is 4.59 Å². The first kappa shape index (κ1) is 36.0. The van der Waals surface area contributed by atoms with Crippen LogP contribution in [-0.2, 0) is 0 Å². The van der Waals surface area contributed by atoms with E-state index in [-0.39, 0.29) is 0 Å². The summed E-state index contributed by atoms with van der Waals surface area (Å²) in [6, 6.07) is 0. The molecule has 0 aromatic carbocycles. The normalized spacial score (nSPS) is 15.5. The fraction of sp³-hybridized carbons (Fsp3) is 1.00. The standard InChI is InChI=1S/C15H36N3.C15H33N/c1-6-11-15(7-2)14(5)12-10-13-18(8-3,9-4)17-16;1-6-11-15(7-2)14(5)12-10-13-16(8-3)9-4/h14-15,17H,6-13,16H2,1-5H3;14-15H,6-13H2,1-5H3/q+1;/i18+2;16+2. The Morgan fingerprint density at radius 1 is 0.676 bits per heavy atom. The Bertz CT molecular complexity index is 398. The van der Waals surface area contributed by atoms with Gasteiger partial charge < -0.3 is 4.90 Å². The third-order valence-electron chi connectivity index (χ3n) is 8.74. The maximum Gasteiger partial charge on any atom is 0.0973 e. The molecule has 0 rings (SSSR count). The summed E-state index contributed by atoms with van der Waals surface area (Å²) in [5, 5.41) is 0. The lowest BCUT2D eigenvalue weighted by molar-refractivity contribution is -0.968. The molecule has 3 N–H and O–H groups in total. The minimum absolute atomic E-state index is 0.845. The number of quaternary nitrogens is 1. The van der Waals surface area contributed by atoms with E-state index >= 15 is 0 Å². The lowest BCUT2D eigenvalue weighted by Crippen LogP contribution is -2.61. The molecule has 0 aliphatic carbocycles. The molecule has 4 nitrogen and oxygen atoms in total. The van der Waals surface area contributed by atoms with Crippen LogP contribution in [0.25, 0.3) is 0 Å². The Kier molecular flexibility index (Phi) is 24.6. The van der Waals surface area contributed by atoms with Gasteiger partial charge in [0, 0.05) is 0 Å². The molecular weight excluding hydrogens is 420 g/mol. The summed E-state index contributed by atoms with van der Waals surface area (Å²) >= 11 is 0. The van der Waals surface area contributed by atoms with Gasteiger partial charge in [-0.05, 0) is 82.8 Å². The quantitative estimate of drug-likeness (QED) is 0.0973. The van der Waals surface area contributed by atoms with Crippen LogP contribution in [-0.4, -0.2) is 48.8 Å². The van der Waals surface area contributed by atoms with Gasteiger partial charge in [0.1, 0.15) is 0 Å². The predicted octanol–water partition coefficient (Wildman–Crippen LogP) is 8.03. The van der Waals surface area contributed by atoms with Gasteiger partial charge in [-0.3, -0.25) is 0 Å². The van der Waals surface area contributed by atoms with Crippen molar-refractivity contribution in [3.05, 3.63) is 0 Å². The molecule has 0 aliphatic rings. The van der Waals surface area contributed by atoms with Crippen LogP contribution in [0.5, 0.6) is 0 Å². The molecule has 0 aliphatic heterocycles. The highest BCUT2D eigenvalue weighted by molar-refractivity contribution is 4.66. The summed E-state index contributed by atoms with van der Waals surface area (Å²) < 4.78 is 0.845. The largest absolute Gasteiger partial charge is 0.304 e. The number of rotatable bonds is 21. The summed E-state index contributed by atoms with van der Waals surface area (Å²) in [6.45, 7) is 30.1. The van der Waals surface area contributed by atoms with Gasteiger partial charge >= 0.3 is 0 Å². The molecule has 0 aromatic rings. The third-order valence-corrected chi connectivity index (χ3v) is 8.74. The van der Waals surface area contributed by atoms with E-state index in [9.17, 15) is 0 Å². The molecule has 0 amide bonds. The molecule has 4 unspecified atom stereocenters. The minimum Gasteiger partial charge on any atom is -0.304 e. The van der Waals surface area contributed by atoms with E-state index in [0.29, 0.717) is 0 Å². The highest BCUT2D eigenvalue weighted by atomic mass is 17.0. The average Bonchev–Trinajstić information content (AvgIpc) is 2.86. The van der Waals surface area contributed by atoms with Gasteiger partial charge in [0.05, 0.1) is 19.6 Å². The third kappa shape index (κ3) is 15.8. The topological polar surface area (TPSA) is 41.3 Å². The van der Waals surface area contributed by atoms with Crippen LogP contribution in [0.2, 0.25) is 0 Å². The van der Waals surface area contributed by atoms with Gasteiger partial charge in [-0.1, -0.05) is 93.9 Å². The molecule has 0 saturated heterocycles. The van der Waals surface area contributed by atoms with E-state index in [0.717, 1.165) is 47.9 Å². The number of hydrogen-bond donors (Lipinski definition) is 2. The maximum atomic E-state index is 5.70. The summed E-state index contributed by atoms with van der Waals surface area (Å²) in [5.74, 6) is 9.34. The van der Waals surface area contributed by atoms with Crippen molar-refractivity contribution >= 4 is 0 Å². The van der Waals surface area contributed by atoms with Crippen LogP contribution in [0.1, 0.15) is 133 Å². The highest BCUT2D eigenvalue weighted by Crippen LogP contribution is 2.26. The van der Waals surface area contributed by atoms with Gasteiger partial charge in [-0.25, -0.2) is 10.4 Å². The van der Waals surface area contributed by atoms with Crippen molar-refractivity contribution in [2.45, 2.75) is 133 Å². The summed E-state index contributed by atoms with van der Waals surface area (Å²) in [6.07, 6.45) is 13.5. The first-order valence-corrected chi connectivity index (χ1v) is 15.3. The zero-order chi connectivity index (χ0) is 26.4. The molecule has 208 valence electrons. The van der Waals surface area contributed by atoms with Gasteiger partial charge in [-0.15, -0.1) is 5.53 Å². The van der Waals surface area contributed by atoms with Crippen molar-refractivity contribution in [1.29, 1.82) is 0 Å². The average molecular weight is 490 g/mol. The SMILES string of the molecule is CCCC(CC)C(C)CCC[16N+](CC)(CC)NN.CCCC(CC)C(C)CCC[16N](CC)CC. The second kappa shape index (κ2) is 23.3. The van der Waals surface area contributed by atoms with Crippen molar-refractivity contribution in [1.82, 2.24) is 10.4 Å². The highest BCUT2D eigenvalue weighted by Gasteiger charge is 2.23. The molecule has 4 atom stereocenters. The number of hydrogen-bond acceptors (Lipinski definition) is 3. The van der Waals surface area contributed by atoms with E-state index < -0.39 is 0 Å². The predicted molar refractivity (Wildman–Crippen MR) is 155 cm³/mol. The molecular formula is C30H69N4+. The Morgan fingerprint density at radius 3 is 1.44 bits per heavy atom. The lowest BCUT2D eigenvalue weighted by Gasteiger charge is -2.34. The lowest BCUT2D eigenvalue weighted by atomic mass is 9.85. The number of nitrogens with zero attached hydrogens (tertiary/aromatic N) is 2. The number of nitrogens with two attached hydrogens (primary N) is 1. The fourth-order valence-corrected chi connectivity index (χ4v) is 5.67. The molecule has 0 bridgehead atoms. The van der Waals surface area contributed by atoms with E-state index in [4.69, 9.17) is 5.84 Å². The van der Waals surface area contributed by atoms with E-state index in [1.165, 1.54) is 83.8 Å². The Labute approximate surface area is 217 Å². The summed E-state index contributed by atoms with van der Waals surface area (Å²) in [5.41, 5.74) is 2.99. The van der Waals surface area contributed by atoms with Gasteiger partial charge in [0.2, 0.25) is 0 Å². The Hall–Kier alpha value is -0.160. The Morgan fingerprint density at radius 2 is 1.12 bits per heavy atom. The molecule has 0 fully saturated rings. The first-order valence-electron chi connectivity index (χ1n) is 15.3. The van der Waals surface area contributed by atoms with Crippen molar-refractivity contribution in [3.8, 4) is 0 Å². The summed E-state index contributed by atoms with van der Waals surface area (Å²) in [7, 11) is 0. The monoisotopic (exact) mass is 490 g/mol. The molecule has 4 heteroatoms. The van der Waals surface area contributed by atoms with Crippen molar-refractivity contribution in [2.24, 2.45) is 29.5 Å². The molecule has 0 radical (unpaired) electrons. The second-order valence-corrected chi connectivity index (χ2v) is 10.8. The number of nitrogens with one attached hydrogen (secondary N) is 1. The molecule has 0 saturated carbocycles. The van der Waals surface area contributed by atoms with Crippen molar-refractivity contribution in [2.75, 3.05) is 39.3 Å². The van der Waals surface area contributed by atoms with Crippen LogP contribution in [0.4, 0.5) is 0 Å². The van der Waals surface area contributed by atoms with Crippen LogP contribution in [0, 0.1) is 23.7 Å². The van der Waals surface area contributed by atoms with E-state index in [1.807, 2.05) is 0 Å². The number of hydrazine groups is 1. The fourth-order valence-electron chi connectivity index (χ4n) is 5.67. The first-order chi connectivity index (χ1) is 16.3. The zero-order valence-corrected chi connectivity index (χ0v) is 25.6.